The van der Waals surface area contributed by atoms with Crippen LogP contribution in [0.3, 0.4) is 0 Å². The zero-order valence-corrected chi connectivity index (χ0v) is 15.1. The summed E-state index contributed by atoms with van der Waals surface area (Å²) < 4.78 is 10.9. The molecule has 2 aliphatic heterocycles. The lowest BCUT2D eigenvalue weighted by atomic mass is 9.59. The van der Waals surface area contributed by atoms with Gasteiger partial charge in [0.05, 0.1) is 6.42 Å². The molecular formula is C20H30O4. The van der Waals surface area contributed by atoms with E-state index in [2.05, 4.69) is 27.4 Å². The standard InChI is InChI=1S/C20H30O4/c1-11-6-5-8-19(2,3)13-7-9-20(4,15(11)13)16-12-10-14(21)23-18(12)24-17(16)22/h12-13,15-18,22H,1,5-10H2,2-4H3. The molecule has 0 aromatic heterocycles. The summed E-state index contributed by atoms with van der Waals surface area (Å²) in [5.74, 6) is 0.736. The Bertz CT molecular complexity index is 568. The van der Waals surface area contributed by atoms with Crippen LogP contribution in [0.4, 0.5) is 0 Å². The van der Waals surface area contributed by atoms with E-state index in [1.54, 1.807) is 0 Å². The van der Waals surface area contributed by atoms with Gasteiger partial charge in [-0.2, -0.15) is 0 Å². The number of carbonyl (C=O) groups excluding carboxylic acids is 1. The Balaban J connectivity index is 1.71. The number of ether oxygens (including phenoxy) is 2. The number of hydrogen-bond donors (Lipinski definition) is 1. The molecule has 4 nitrogen and oxygen atoms in total. The van der Waals surface area contributed by atoms with Gasteiger partial charge >= 0.3 is 5.97 Å². The maximum Gasteiger partial charge on any atom is 0.308 e. The van der Waals surface area contributed by atoms with E-state index in [0.717, 1.165) is 12.8 Å². The second-order valence-corrected chi connectivity index (χ2v) is 9.41. The SMILES string of the molecule is C=C1CCCC(C)(C)C2CCC(C)(C3C(O)OC4OC(=O)CC43)C12. The fraction of sp³-hybridized carbons (Fsp3) is 0.850. The van der Waals surface area contributed by atoms with Gasteiger partial charge in [-0.05, 0) is 54.8 Å². The minimum absolute atomic E-state index is 0.0181. The Morgan fingerprint density at radius 3 is 2.75 bits per heavy atom. The first-order valence-electron chi connectivity index (χ1n) is 9.45. The minimum atomic E-state index is -0.837. The molecule has 0 bridgehead atoms. The average molecular weight is 334 g/mol. The molecule has 4 heteroatoms. The Morgan fingerprint density at radius 2 is 2.00 bits per heavy atom. The van der Waals surface area contributed by atoms with Crippen LogP contribution >= 0.6 is 0 Å². The van der Waals surface area contributed by atoms with Crippen LogP contribution in [0.5, 0.6) is 0 Å². The van der Waals surface area contributed by atoms with Gasteiger partial charge in [0.1, 0.15) is 0 Å². The number of aliphatic hydroxyl groups excluding tert-OH is 1. The number of carbonyl (C=O) groups is 1. The Kier molecular flexibility index (Phi) is 3.67. The summed E-state index contributed by atoms with van der Waals surface area (Å²) in [7, 11) is 0. The van der Waals surface area contributed by atoms with Gasteiger partial charge in [0.15, 0.2) is 6.29 Å². The largest absolute Gasteiger partial charge is 0.435 e. The summed E-state index contributed by atoms with van der Waals surface area (Å²) in [6.45, 7) is 11.5. The van der Waals surface area contributed by atoms with Crippen LogP contribution in [0.15, 0.2) is 12.2 Å². The van der Waals surface area contributed by atoms with Gasteiger partial charge in [-0.25, -0.2) is 0 Å². The molecule has 2 saturated heterocycles. The zero-order chi connectivity index (χ0) is 17.3. The smallest absolute Gasteiger partial charge is 0.308 e. The van der Waals surface area contributed by atoms with Crippen LogP contribution < -0.4 is 0 Å². The molecule has 2 aliphatic carbocycles. The van der Waals surface area contributed by atoms with Crippen molar-refractivity contribution in [1.82, 2.24) is 0 Å². The molecule has 0 radical (unpaired) electrons. The van der Waals surface area contributed by atoms with Gasteiger partial charge in [0.25, 0.3) is 0 Å². The zero-order valence-electron chi connectivity index (χ0n) is 15.1. The van der Waals surface area contributed by atoms with Crippen LogP contribution in [0.2, 0.25) is 0 Å². The maximum atomic E-state index is 11.7. The van der Waals surface area contributed by atoms with E-state index < -0.39 is 12.6 Å². The van der Waals surface area contributed by atoms with E-state index >= 15 is 0 Å². The highest BCUT2D eigenvalue weighted by atomic mass is 16.8. The topological polar surface area (TPSA) is 55.8 Å². The molecule has 2 heterocycles. The predicted molar refractivity (Wildman–Crippen MR) is 89.7 cm³/mol. The molecule has 24 heavy (non-hydrogen) atoms. The second-order valence-electron chi connectivity index (χ2n) is 9.41. The lowest BCUT2D eigenvalue weighted by Gasteiger charge is -2.44. The Hall–Kier alpha value is -0.870. The van der Waals surface area contributed by atoms with E-state index in [0.29, 0.717) is 23.7 Å². The van der Waals surface area contributed by atoms with Crippen LogP contribution in [-0.4, -0.2) is 23.7 Å². The monoisotopic (exact) mass is 334 g/mol. The van der Waals surface area contributed by atoms with Gasteiger partial charge < -0.3 is 14.6 Å². The summed E-state index contributed by atoms with van der Waals surface area (Å²) in [6, 6.07) is 0. The highest BCUT2D eigenvalue weighted by Crippen LogP contribution is 2.65. The molecular weight excluding hydrogens is 304 g/mol. The molecule has 0 amide bonds. The molecule has 0 aromatic carbocycles. The van der Waals surface area contributed by atoms with Crippen LogP contribution in [0.1, 0.15) is 59.3 Å². The first-order chi connectivity index (χ1) is 11.2. The highest BCUT2D eigenvalue weighted by Gasteiger charge is 2.63. The first-order valence-corrected chi connectivity index (χ1v) is 9.45. The number of rotatable bonds is 1. The number of fused-ring (bicyclic) bond motifs is 2. The minimum Gasteiger partial charge on any atom is -0.435 e. The molecule has 134 valence electrons. The lowest BCUT2D eigenvalue weighted by molar-refractivity contribution is -0.196. The maximum absolute atomic E-state index is 11.7. The third kappa shape index (κ3) is 2.22. The molecule has 7 unspecified atom stereocenters. The van der Waals surface area contributed by atoms with Crippen molar-refractivity contribution < 1.29 is 19.4 Å². The Morgan fingerprint density at radius 1 is 1.25 bits per heavy atom. The number of hydrogen-bond acceptors (Lipinski definition) is 4. The molecule has 0 aromatic rings. The van der Waals surface area contributed by atoms with E-state index in [-0.39, 0.29) is 23.2 Å². The van der Waals surface area contributed by atoms with Crippen LogP contribution in [0.25, 0.3) is 0 Å². The van der Waals surface area contributed by atoms with E-state index in [9.17, 15) is 9.90 Å². The predicted octanol–water partition coefficient (Wildman–Crippen LogP) is 3.64. The van der Waals surface area contributed by atoms with Crippen molar-refractivity contribution in [3.63, 3.8) is 0 Å². The summed E-state index contributed by atoms with van der Waals surface area (Å²) in [5.41, 5.74) is 1.57. The fourth-order valence-corrected chi connectivity index (χ4v) is 6.55. The second kappa shape index (κ2) is 5.31. The summed E-state index contributed by atoms with van der Waals surface area (Å²) in [4.78, 5) is 11.7. The van der Waals surface area contributed by atoms with Gasteiger partial charge in [0, 0.05) is 11.8 Å². The van der Waals surface area contributed by atoms with Crippen molar-refractivity contribution in [3.05, 3.63) is 12.2 Å². The molecule has 4 fully saturated rings. The van der Waals surface area contributed by atoms with Crippen molar-refractivity contribution in [1.29, 1.82) is 0 Å². The van der Waals surface area contributed by atoms with Crippen LogP contribution in [-0.2, 0) is 14.3 Å². The average Bonchev–Trinajstić information content (AvgIpc) is 3.05. The van der Waals surface area contributed by atoms with Gasteiger partial charge in [-0.3, -0.25) is 4.79 Å². The fourth-order valence-electron chi connectivity index (χ4n) is 6.55. The van der Waals surface area contributed by atoms with Gasteiger partial charge in [-0.1, -0.05) is 32.9 Å². The molecule has 0 spiro atoms. The third-order valence-corrected chi connectivity index (χ3v) is 7.67. The Labute approximate surface area is 144 Å². The molecule has 1 N–H and O–H groups in total. The number of allylic oxidation sites excluding steroid dienone is 1. The number of esters is 1. The molecule has 2 saturated carbocycles. The van der Waals surface area contributed by atoms with Crippen LogP contribution in [0, 0.1) is 34.5 Å². The molecule has 7 atom stereocenters. The highest BCUT2D eigenvalue weighted by molar-refractivity contribution is 5.72. The third-order valence-electron chi connectivity index (χ3n) is 7.67. The van der Waals surface area contributed by atoms with E-state index in [1.807, 2.05) is 0 Å². The lowest BCUT2D eigenvalue weighted by Crippen LogP contribution is -2.43. The van der Waals surface area contributed by atoms with E-state index in [4.69, 9.17) is 9.47 Å². The van der Waals surface area contributed by atoms with Gasteiger partial charge in [0.2, 0.25) is 6.29 Å². The quantitative estimate of drug-likeness (QED) is 0.587. The van der Waals surface area contributed by atoms with Crippen molar-refractivity contribution in [3.8, 4) is 0 Å². The van der Waals surface area contributed by atoms with Crippen molar-refractivity contribution in [2.45, 2.75) is 71.9 Å². The summed E-state index contributed by atoms with van der Waals surface area (Å²) in [6.07, 6.45) is 4.72. The normalized spacial score (nSPS) is 50.3. The molecule has 4 rings (SSSR count). The van der Waals surface area contributed by atoms with Crippen molar-refractivity contribution >= 4 is 5.97 Å². The molecule has 4 aliphatic rings. The number of aliphatic hydroxyl groups is 1. The first kappa shape index (κ1) is 16.6. The summed E-state index contributed by atoms with van der Waals surface area (Å²) >= 11 is 0. The van der Waals surface area contributed by atoms with Gasteiger partial charge in [-0.15, -0.1) is 0 Å². The van der Waals surface area contributed by atoms with Crippen molar-refractivity contribution in [2.75, 3.05) is 0 Å². The van der Waals surface area contributed by atoms with Crippen molar-refractivity contribution in [2.24, 2.45) is 34.5 Å². The van der Waals surface area contributed by atoms with E-state index in [1.165, 1.54) is 24.8 Å². The summed E-state index contributed by atoms with van der Waals surface area (Å²) in [5, 5.41) is 10.6.